The molecule has 0 unspecified atom stereocenters. The highest BCUT2D eigenvalue weighted by Crippen LogP contribution is 2.42. The lowest BCUT2D eigenvalue weighted by molar-refractivity contribution is -0.135. The summed E-state index contributed by atoms with van der Waals surface area (Å²) in [6.45, 7) is 3.87. The second kappa shape index (κ2) is 10.2. The molecule has 0 spiro atoms. The smallest absolute Gasteiger partial charge is 0.338 e. The lowest BCUT2D eigenvalue weighted by Gasteiger charge is -2.46. The standard InChI is InChI=1S/C27H24ClNO6/c1-4-34-27(32)19-9-12-21(13-10-19)29-23(17-5-7-18(8-6-17)26(31)33-3)24(25(29)30)35-22-14-11-20(28)15-16(22)2/h5-15,23-24H,4H2,1-3H3/t23-,24-/m1/s1. The Hall–Kier alpha value is -3.84. The minimum absolute atomic E-state index is 0.231. The highest BCUT2D eigenvalue weighted by molar-refractivity contribution is 6.30. The van der Waals surface area contributed by atoms with Gasteiger partial charge < -0.3 is 14.2 Å². The van der Waals surface area contributed by atoms with Crippen LogP contribution < -0.4 is 9.64 Å². The summed E-state index contributed by atoms with van der Waals surface area (Å²) in [5.41, 5.74) is 2.99. The molecule has 1 saturated heterocycles. The number of nitrogens with zero attached hydrogens (tertiary/aromatic N) is 1. The van der Waals surface area contributed by atoms with Crippen molar-refractivity contribution in [2.24, 2.45) is 0 Å². The van der Waals surface area contributed by atoms with Gasteiger partial charge >= 0.3 is 11.9 Å². The Balaban J connectivity index is 1.67. The van der Waals surface area contributed by atoms with Crippen LogP contribution in [0.2, 0.25) is 5.02 Å². The van der Waals surface area contributed by atoms with Crippen LogP contribution in [0.25, 0.3) is 0 Å². The van der Waals surface area contributed by atoms with Crippen LogP contribution in [-0.4, -0.2) is 37.7 Å². The summed E-state index contributed by atoms with van der Waals surface area (Å²) in [6.07, 6.45) is -0.788. The fourth-order valence-corrected chi connectivity index (χ4v) is 4.20. The van der Waals surface area contributed by atoms with E-state index < -0.39 is 24.1 Å². The van der Waals surface area contributed by atoms with Gasteiger partial charge in [-0.15, -0.1) is 0 Å². The van der Waals surface area contributed by atoms with Crippen molar-refractivity contribution in [2.75, 3.05) is 18.6 Å². The third-order valence-corrected chi connectivity index (χ3v) is 6.00. The Morgan fingerprint density at radius 2 is 1.57 bits per heavy atom. The Morgan fingerprint density at radius 1 is 0.943 bits per heavy atom. The van der Waals surface area contributed by atoms with Gasteiger partial charge in [0.1, 0.15) is 11.8 Å². The van der Waals surface area contributed by atoms with Gasteiger partial charge in [0, 0.05) is 10.7 Å². The van der Waals surface area contributed by atoms with Crippen molar-refractivity contribution in [2.45, 2.75) is 26.0 Å². The summed E-state index contributed by atoms with van der Waals surface area (Å²) in [4.78, 5) is 38.8. The molecule has 2 atom stereocenters. The molecule has 1 amide bonds. The number of carbonyl (C=O) groups excluding carboxylic acids is 3. The number of anilines is 1. The first-order valence-electron chi connectivity index (χ1n) is 11.1. The summed E-state index contributed by atoms with van der Waals surface area (Å²) in [5.74, 6) is -0.549. The van der Waals surface area contributed by atoms with Crippen LogP contribution in [0.3, 0.4) is 0 Å². The van der Waals surface area contributed by atoms with Crippen LogP contribution >= 0.6 is 11.6 Å². The first kappa shape index (κ1) is 24.3. The normalized spacial score (nSPS) is 16.9. The predicted molar refractivity (Wildman–Crippen MR) is 131 cm³/mol. The average molecular weight is 494 g/mol. The van der Waals surface area contributed by atoms with E-state index in [9.17, 15) is 14.4 Å². The van der Waals surface area contributed by atoms with E-state index >= 15 is 0 Å². The van der Waals surface area contributed by atoms with Gasteiger partial charge in [-0.1, -0.05) is 23.7 Å². The minimum Gasteiger partial charge on any atom is -0.478 e. The maximum Gasteiger partial charge on any atom is 0.338 e. The molecule has 7 nitrogen and oxygen atoms in total. The van der Waals surface area contributed by atoms with Crippen LogP contribution in [-0.2, 0) is 14.3 Å². The number of esters is 2. The van der Waals surface area contributed by atoms with Crippen LogP contribution in [0.5, 0.6) is 5.75 Å². The van der Waals surface area contributed by atoms with E-state index in [4.69, 9.17) is 25.8 Å². The number of methoxy groups -OCH3 is 1. The van der Waals surface area contributed by atoms with Crippen molar-refractivity contribution >= 4 is 35.1 Å². The average Bonchev–Trinajstić information content (AvgIpc) is 2.86. The molecule has 0 aliphatic carbocycles. The van der Waals surface area contributed by atoms with Gasteiger partial charge in [-0.3, -0.25) is 9.69 Å². The van der Waals surface area contributed by atoms with Crippen LogP contribution in [0.15, 0.2) is 66.7 Å². The van der Waals surface area contributed by atoms with Crippen molar-refractivity contribution in [1.82, 2.24) is 0 Å². The Labute approximate surface area is 208 Å². The molecule has 35 heavy (non-hydrogen) atoms. The van der Waals surface area contributed by atoms with E-state index in [2.05, 4.69) is 0 Å². The summed E-state index contributed by atoms with van der Waals surface area (Å²) >= 11 is 6.06. The first-order chi connectivity index (χ1) is 16.8. The number of benzene rings is 3. The van der Waals surface area contributed by atoms with Gasteiger partial charge in [0.15, 0.2) is 0 Å². The highest BCUT2D eigenvalue weighted by atomic mass is 35.5. The lowest BCUT2D eigenvalue weighted by Crippen LogP contribution is -2.61. The van der Waals surface area contributed by atoms with Gasteiger partial charge in [0.2, 0.25) is 6.10 Å². The Kier molecular flexibility index (Phi) is 7.07. The molecule has 0 radical (unpaired) electrons. The summed E-state index contributed by atoms with van der Waals surface area (Å²) < 4.78 is 16.0. The number of hydrogen-bond donors (Lipinski definition) is 0. The zero-order chi connectivity index (χ0) is 25.1. The number of hydrogen-bond acceptors (Lipinski definition) is 6. The summed E-state index contributed by atoms with van der Waals surface area (Å²) in [5, 5.41) is 0.577. The zero-order valence-electron chi connectivity index (χ0n) is 19.5. The van der Waals surface area contributed by atoms with Crippen LogP contribution in [0, 0.1) is 6.92 Å². The van der Waals surface area contributed by atoms with Gasteiger partial charge in [0.05, 0.1) is 24.8 Å². The monoisotopic (exact) mass is 493 g/mol. The summed E-state index contributed by atoms with van der Waals surface area (Å²) in [7, 11) is 1.32. The van der Waals surface area contributed by atoms with E-state index in [1.807, 2.05) is 6.92 Å². The highest BCUT2D eigenvalue weighted by Gasteiger charge is 2.51. The Bertz CT molecular complexity index is 1260. The van der Waals surface area contributed by atoms with E-state index in [1.165, 1.54) is 7.11 Å². The second-order valence-electron chi connectivity index (χ2n) is 7.98. The number of rotatable bonds is 7. The van der Waals surface area contributed by atoms with Crippen LogP contribution in [0.1, 0.15) is 44.8 Å². The van der Waals surface area contributed by atoms with Gasteiger partial charge in [0.25, 0.3) is 5.91 Å². The van der Waals surface area contributed by atoms with E-state index in [0.717, 1.165) is 11.1 Å². The van der Waals surface area contributed by atoms with Crippen molar-refractivity contribution < 1.29 is 28.6 Å². The molecule has 1 heterocycles. The van der Waals surface area contributed by atoms with Crippen molar-refractivity contribution in [1.29, 1.82) is 0 Å². The number of carbonyl (C=O) groups is 3. The molecule has 0 aromatic heterocycles. The zero-order valence-corrected chi connectivity index (χ0v) is 20.2. The van der Waals surface area contributed by atoms with E-state index in [1.54, 1.807) is 78.6 Å². The first-order valence-corrected chi connectivity index (χ1v) is 11.4. The molecule has 1 fully saturated rings. The quantitative estimate of drug-likeness (QED) is 0.334. The number of aryl methyl sites for hydroxylation is 1. The molecule has 4 rings (SSSR count). The maximum atomic E-state index is 13.3. The molecule has 0 bridgehead atoms. The topological polar surface area (TPSA) is 82.1 Å². The maximum absolute atomic E-state index is 13.3. The molecule has 1 aliphatic rings. The molecule has 0 saturated carbocycles. The molecule has 180 valence electrons. The third kappa shape index (κ3) is 4.86. The van der Waals surface area contributed by atoms with Crippen molar-refractivity contribution in [3.63, 3.8) is 0 Å². The van der Waals surface area contributed by atoms with Gasteiger partial charge in [-0.05, 0) is 79.6 Å². The number of ether oxygens (including phenoxy) is 3. The van der Waals surface area contributed by atoms with Crippen molar-refractivity contribution in [3.8, 4) is 5.75 Å². The summed E-state index contributed by atoms with van der Waals surface area (Å²) in [6, 6.07) is 18.2. The van der Waals surface area contributed by atoms with E-state index in [0.29, 0.717) is 27.6 Å². The molecule has 8 heteroatoms. The number of amides is 1. The molecule has 0 N–H and O–H groups in total. The molecular formula is C27H24ClNO6. The van der Waals surface area contributed by atoms with Crippen molar-refractivity contribution in [3.05, 3.63) is 94.0 Å². The molecule has 3 aromatic rings. The SMILES string of the molecule is CCOC(=O)c1ccc(N2C(=O)[C@H](Oc3ccc(Cl)cc3C)[C@H]2c2ccc(C(=O)OC)cc2)cc1. The minimum atomic E-state index is -0.788. The van der Waals surface area contributed by atoms with Crippen LogP contribution in [0.4, 0.5) is 5.69 Å². The van der Waals surface area contributed by atoms with E-state index in [-0.39, 0.29) is 12.5 Å². The number of β-lactam (4-membered cyclic amide) rings is 1. The molecule has 3 aromatic carbocycles. The van der Waals surface area contributed by atoms with Gasteiger partial charge in [-0.2, -0.15) is 0 Å². The third-order valence-electron chi connectivity index (χ3n) is 5.77. The number of halogens is 1. The second-order valence-corrected chi connectivity index (χ2v) is 8.42. The molecular weight excluding hydrogens is 470 g/mol. The largest absolute Gasteiger partial charge is 0.478 e. The fourth-order valence-electron chi connectivity index (χ4n) is 3.98. The lowest BCUT2D eigenvalue weighted by atomic mass is 9.89. The van der Waals surface area contributed by atoms with Gasteiger partial charge in [-0.25, -0.2) is 9.59 Å². The predicted octanol–water partition coefficient (Wildman–Crippen LogP) is 5.15. The Morgan fingerprint density at radius 3 is 2.17 bits per heavy atom. The molecule has 1 aliphatic heterocycles. The fraction of sp³-hybridized carbons (Fsp3) is 0.222.